The summed E-state index contributed by atoms with van der Waals surface area (Å²) >= 11 is 0. The van der Waals surface area contributed by atoms with Crippen molar-refractivity contribution in [2.45, 2.75) is 44.6 Å². The average Bonchev–Trinajstić information content (AvgIpc) is 2.60. The zero-order valence-corrected chi connectivity index (χ0v) is 15.6. The lowest BCUT2D eigenvalue weighted by Crippen LogP contribution is -2.41. The maximum atomic E-state index is 12.8. The van der Waals surface area contributed by atoms with E-state index in [1.54, 1.807) is 24.5 Å². The molecule has 25 heavy (non-hydrogen) atoms. The highest BCUT2D eigenvalue weighted by molar-refractivity contribution is 7.89. The molecule has 6 nitrogen and oxygen atoms in total. The van der Waals surface area contributed by atoms with Crippen molar-refractivity contribution in [3.63, 3.8) is 0 Å². The third-order valence-electron chi connectivity index (χ3n) is 4.55. The van der Waals surface area contributed by atoms with Gasteiger partial charge in [0.2, 0.25) is 10.0 Å². The molecule has 2 aromatic rings. The van der Waals surface area contributed by atoms with Crippen molar-refractivity contribution in [3.05, 3.63) is 47.3 Å². The predicted octanol–water partition coefficient (Wildman–Crippen LogP) is 2.63. The minimum absolute atomic E-state index is 0.0612. The summed E-state index contributed by atoms with van der Waals surface area (Å²) in [6.07, 6.45) is 4.61. The van der Waals surface area contributed by atoms with Crippen LogP contribution in [0.25, 0.3) is 0 Å². The Morgan fingerprint density at radius 3 is 2.28 bits per heavy atom. The van der Waals surface area contributed by atoms with E-state index in [1.165, 1.54) is 4.31 Å². The number of nitrogens with zero attached hydrogens (tertiary/aromatic N) is 3. The topological polar surface area (TPSA) is 72.4 Å². The Kier molecular flexibility index (Phi) is 5.06. The van der Waals surface area contributed by atoms with E-state index >= 15 is 0 Å². The molecule has 0 radical (unpaired) electrons. The van der Waals surface area contributed by atoms with Crippen LogP contribution in [0.2, 0.25) is 0 Å². The Labute approximate surface area is 148 Å². The molecule has 1 saturated heterocycles. The molecule has 1 aliphatic heterocycles. The van der Waals surface area contributed by atoms with Crippen molar-refractivity contribution in [2.75, 3.05) is 13.1 Å². The summed E-state index contributed by atoms with van der Waals surface area (Å²) in [5.74, 6) is 0. The second-order valence-electron chi connectivity index (χ2n) is 6.51. The van der Waals surface area contributed by atoms with Gasteiger partial charge in [-0.2, -0.15) is 4.31 Å². The SMILES string of the molecule is Cc1cnc(OC2CCN(S(=O)(=O)c3ccc(C)c(C)c3)CC2)nc1. The van der Waals surface area contributed by atoms with Crippen molar-refractivity contribution in [2.24, 2.45) is 0 Å². The molecule has 0 atom stereocenters. The van der Waals surface area contributed by atoms with Crippen LogP contribution >= 0.6 is 0 Å². The highest BCUT2D eigenvalue weighted by Crippen LogP contribution is 2.24. The number of benzene rings is 1. The van der Waals surface area contributed by atoms with Gasteiger partial charge < -0.3 is 4.74 Å². The van der Waals surface area contributed by atoms with Crippen molar-refractivity contribution in [1.82, 2.24) is 14.3 Å². The molecule has 1 aromatic heterocycles. The fraction of sp³-hybridized carbons (Fsp3) is 0.444. The Balaban J connectivity index is 1.64. The zero-order valence-electron chi connectivity index (χ0n) is 14.8. The molecule has 1 fully saturated rings. The van der Waals surface area contributed by atoms with Crippen LogP contribution < -0.4 is 4.74 Å². The first-order valence-electron chi connectivity index (χ1n) is 8.39. The van der Waals surface area contributed by atoms with Gasteiger partial charge in [0.15, 0.2) is 0 Å². The minimum Gasteiger partial charge on any atom is -0.460 e. The number of rotatable bonds is 4. The normalized spacial score (nSPS) is 16.8. The van der Waals surface area contributed by atoms with Gasteiger partial charge >= 0.3 is 6.01 Å². The molecule has 134 valence electrons. The predicted molar refractivity (Wildman–Crippen MR) is 95.1 cm³/mol. The highest BCUT2D eigenvalue weighted by Gasteiger charge is 2.30. The molecule has 0 bridgehead atoms. The molecular formula is C18H23N3O3S. The number of ether oxygens (including phenoxy) is 1. The van der Waals surface area contributed by atoms with Crippen LogP contribution in [-0.4, -0.2) is 41.9 Å². The van der Waals surface area contributed by atoms with E-state index in [2.05, 4.69) is 9.97 Å². The zero-order chi connectivity index (χ0) is 18.0. The van der Waals surface area contributed by atoms with Crippen molar-refractivity contribution < 1.29 is 13.2 Å². The quantitative estimate of drug-likeness (QED) is 0.837. The van der Waals surface area contributed by atoms with Gasteiger partial charge in [0.05, 0.1) is 4.90 Å². The monoisotopic (exact) mass is 361 g/mol. The van der Waals surface area contributed by atoms with Crippen LogP contribution in [-0.2, 0) is 10.0 Å². The molecular weight excluding hydrogens is 338 g/mol. The fourth-order valence-corrected chi connectivity index (χ4v) is 4.36. The van der Waals surface area contributed by atoms with E-state index in [0.29, 0.717) is 36.8 Å². The molecule has 1 aromatic carbocycles. The van der Waals surface area contributed by atoms with Gasteiger partial charge in [0, 0.05) is 25.5 Å². The molecule has 0 spiro atoms. The average molecular weight is 361 g/mol. The number of hydrogen-bond donors (Lipinski definition) is 0. The van der Waals surface area contributed by atoms with Crippen LogP contribution in [0.1, 0.15) is 29.5 Å². The first-order valence-corrected chi connectivity index (χ1v) is 9.83. The summed E-state index contributed by atoms with van der Waals surface area (Å²) in [6, 6.07) is 5.63. The van der Waals surface area contributed by atoms with E-state index in [-0.39, 0.29) is 6.10 Å². The Hall–Kier alpha value is -1.99. The molecule has 0 unspecified atom stereocenters. The number of aryl methyl sites for hydroxylation is 3. The van der Waals surface area contributed by atoms with Gasteiger partial charge in [-0.05, 0) is 62.4 Å². The summed E-state index contributed by atoms with van der Waals surface area (Å²) in [5.41, 5.74) is 3.04. The maximum absolute atomic E-state index is 12.8. The van der Waals surface area contributed by atoms with Crippen molar-refractivity contribution in [3.8, 4) is 6.01 Å². The molecule has 0 aliphatic carbocycles. The summed E-state index contributed by atoms with van der Waals surface area (Å²) in [5, 5.41) is 0. The second kappa shape index (κ2) is 7.09. The van der Waals surface area contributed by atoms with Gasteiger partial charge in [-0.1, -0.05) is 6.07 Å². The number of hydrogen-bond acceptors (Lipinski definition) is 5. The van der Waals surface area contributed by atoms with Crippen LogP contribution in [0.5, 0.6) is 6.01 Å². The Morgan fingerprint density at radius 2 is 1.68 bits per heavy atom. The van der Waals surface area contributed by atoms with Crippen molar-refractivity contribution >= 4 is 10.0 Å². The Morgan fingerprint density at radius 1 is 1.04 bits per heavy atom. The number of aromatic nitrogens is 2. The summed E-state index contributed by atoms with van der Waals surface area (Å²) < 4.78 is 32.9. The summed E-state index contributed by atoms with van der Waals surface area (Å²) in [6.45, 7) is 6.69. The largest absolute Gasteiger partial charge is 0.460 e. The van der Waals surface area contributed by atoms with Gasteiger partial charge in [0.1, 0.15) is 6.10 Å². The highest BCUT2D eigenvalue weighted by atomic mass is 32.2. The van der Waals surface area contributed by atoms with Gasteiger partial charge in [-0.3, -0.25) is 0 Å². The van der Waals surface area contributed by atoms with E-state index in [9.17, 15) is 8.42 Å². The molecule has 0 saturated carbocycles. The standard InChI is InChI=1S/C18H23N3O3S/c1-13-11-19-18(20-12-13)24-16-6-8-21(9-7-16)25(22,23)17-5-4-14(2)15(3)10-17/h4-5,10-12,16H,6-9H2,1-3H3. The van der Waals surface area contributed by atoms with E-state index in [1.807, 2.05) is 26.8 Å². The van der Waals surface area contributed by atoms with Gasteiger partial charge in [0.25, 0.3) is 0 Å². The number of sulfonamides is 1. The third-order valence-corrected chi connectivity index (χ3v) is 6.44. The molecule has 0 amide bonds. The molecule has 3 rings (SSSR count). The lowest BCUT2D eigenvalue weighted by Gasteiger charge is -2.31. The number of piperidine rings is 1. The Bertz CT molecular complexity index is 842. The maximum Gasteiger partial charge on any atom is 0.316 e. The molecule has 2 heterocycles. The second-order valence-corrected chi connectivity index (χ2v) is 8.45. The van der Waals surface area contributed by atoms with Crippen LogP contribution in [0, 0.1) is 20.8 Å². The summed E-state index contributed by atoms with van der Waals surface area (Å²) in [4.78, 5) is 8.64. The summed E-state index contributed by atoms with van der Waals surface area (Å²) in [7, 11) is -3.46. The lowest BCUT2D eigenvalue weighted by atomic mass is 10.1. The first-order chi connectivity index (χ1) is 11.9. The van der Waals surface area contributed by atoms with E-state index in [4.69, 9.17) is 4.74 Å². The van der Waals surface area contributed by atoms with E-state index in [0.717, 1.165) is 16.7 Å². The van der Waals surface area contributed by atoms with Gasteiger partial charge in [-0.15, -0.1) is 0 Å². The first kappa shape index (κ1) is 17.8. The molecule has 0 N–H and O–H groups in total. The smallest absolute Gasteiger partial charge is 0.316 e. The van der Waals surface area contributed by atoms with Gasteiger partial charge in [-0.25, -0.2) is 18.4 Å². The fourth-order valence-electron chi connectivity index (χ4n) is 2.80. The minimum atomic E-state index is -3.46. The van der Waals surface area contributed by atoms with Crippen LogP contribution in [0.15, 0.2) is 35.5 Å². The lowest BCUT2D eigenvalue weighted by molar-refractivity contribution is 0.124. The van der Waals surface area contributed by atoms with Crippen LogP contribution in [0.3, 0.4) is 0 Å². The van der Waals surface area contributed by atoms with E-state index < -0.39 is 10.0 Å². The third kappa shape index (κ3) is 3.99. The van der Waals surface area contributed by atoms with Crippen LogP contribution in [0.4, 0.5) is 0 Å². The molecule has 1 aliphatic rings. The van der Waals surface area contributed by atoms with Crippen molar-refractivity contribution in [1.29, 1.82) is 0 Å². The molecule has 7 heteroatoms.